The summed E-state index contributed by atoms with van der Waals surface area (Å²) in [5.74, 6) is 0.810. The fraction of sp³-hybridized carbons (Fsp3) is 0.647. The zero-order chi connectivity index (χ0) is 15.3. The lowest BCUT2D eigenvalue weighted by atomic mass is 9.69. The molecule has 2 aliphatic carbocycles. The molecule has 0 aliphatic heterocycles. The van der Waals surface area contributed by atoms with E-state index in [1.165, 1.54) is 12.8 Å². The molecule has 2 aliphatic rings. The second-order valence-electron chi connectivity index (χ2n) is 7.49. The molecule has 3 unspecified atom stereocenters. The maximum absolute atomic E-state index is 12.3. The van der Waals surface area contributed by atoms with Crippen molar-refractivity contribution in [2.24, 2.45) is 16.7 Å². The van der Waals surface area contributed by atoms with Gasteiger partial charge < -0.3 is 11.1 Å². The van der Waals surface area contributed by atoms with Gasteiger partial charge in [0.1, 0.15) is 0 Å². The molecule has 114 valence electrons. The quantitative estimate of drug-likeness (QED) is 0.897. The summed E-state index contributed by atoms with van der Waals surface area (Å²) < 4.78 is 0. The van der Waals surface area contributed by atoms with Crippen molar-refractivity contribution in [3.63, 3.8) is 0 Å². The van der Waals surface area contributed by atoms with Gasteiger partial charge in [-0.3, -0.25) is 9.78 Å². The molecule has 0 radical (unpaired) electrons. The minimum Gasteiger partial charge on any atom is -0.397 e. The first-order valence-corrected chi connectivity index (χ1v) is 7.83. The number of amides is 1. The Kier molecular flexibility index (Phi) is 3.23. The molecule has 0 saturated heterocycles. The molecule has 1 aromatic rings. The Morgan fingerprint density at radius 1 is 1.43 bits per heavy atom. The number of rotatable bonds is 3. The van der Waals surface area contributed by atoms with Crippen LogP contribution < -0.4 is 11.1 Å². The van der Waals surface area contributed by atoms with Crippen LogP contribution in [0.3, 0.4) is 0 Å². The van der Waals surface area contributed by atoms with Gasteiger partial charge in [0.15, 0.2) is 0 Å². The number of nitrogens with zero attached hydrogens (tertiary/aromatic N) is 1. The molecule has 21 heavy (non-hydrogen) atoms. The summed E-state index contributed by atoms with van der Waals surface area (Å²) in [6, 6.07) is 3.91. The largest absolute Gasteiger partial charge is 0.397 e. The van der Waals surface area contributed by atoms with Crippen molar-refractivity contribution in [3.8, 4) is 0 Å². The van der Waals surface area contributed by atoms with Crippen molar-refractivity contribution in [2.45, 2.75) is 52.5 Å². The predicted octanol–water partition coefficient (Wildman–Crippen LogP) is 2.54. The summed E-state index contributed by atoms with van der Waals surface area (Å²) in [7, 11) is 0. The zero-order valence-corrected chi connectivity index (χ0v) is 13.1. The highest BCUT2D eigenvalue weighted by Gasteiger charge is 2.61. The Labute approximate surface area is 126 Å². The third-order valence-corrected chi connectivity index (χ3v) is 6.32. The van der Waals surface area contributed by atoms with Gasteiger partial charge >= 0.3 is 0 Å². The Balaban J connectivity index is 1.65. The Morgan fingerprint density at radius 2 is 2.19 bits per heavy atom. The average Bonchev–Trinajstić information content (AvgIpc) is 2.74. The van der Waals surface area contributed by atoms with Crippen LogP contribution in [0.4, 0.5) is 5.69 Å². The number of nitrogens with two attached hydrogens (primary N) is 1. The van der Waals surface area contributed by atoms with E-state index in [1.807, 2.05) is 6.07 Å². The Bertz CT molecular complexity index is 552. The van der Waals surface area contributed by atoms with Gasteiger partial charge in [0, 0.05) is 11.7 Å². The van der Waals surface area contributed by atoms with Gasteiger partial charge in [-0.15, -0.1) is 0 Å². The number of carbonyl (C=O) groups is 1. The lowest BCUT2D eigenvalue weighted by Crippen LogP contribution is -2.47. The minimum atomic E-state index is 0.0712. The van der Waals surface area contributed by atoms with Crippen molar-refractivity contribution >= 4 is 11.6 Å². The molecule has 1 heterocycles. The molecule has 0 spiro atoms. The molecule has 2 bridgehead atoms. The van der Waals surface area contributed by atoms with Crippen molar-refractivity contribution in [1.29, 1.82) is 0 Å². The molecule has 4 heteroatoms. The van der Waals surface area contributed by atoms with Crippen LogP contribution in [0.15, 0.2) is 18.3 Å². The van der Waals surface area contributed by atoms with E-state index in [-0.39, 0.29) is 11.3 Å². The van der Waals surface area contributed by atoms with Crippen molar-refractivity contribution in [1.82, 2.24) is 10.3 Å². The molecular weight excluding hydrogens is 262 g/mol. The number of hydrogen-bond acceptors (Lipinski definition) is 3. The van der Waals surface area contributed by atoms with Crippen LogP contribution in [0.5, 0.6) is 0 Å². The molecular formula is C17H25N3O. The third kappa shape index (κ3) is 2.21. The lowest BCUT2D eigenvalue weighted by Gasteiger charge is -2.39. The number of hydrogen-bond donors (Lipinski definition) is 2. The molecule has 0 aromatic carbocycles. The molecule has 3 rings (SSSR count). The second-order valence-corrected chi connectivity index (χ2v) is 7.49. The Hall–Kier alpha value is -1.58. The molecule has 1 amide bonds. The van der Waals surface area contributed by atoms with E-state index in [0.717, 1.165) is 18.0 Å². The van der Waals surface area contributed by atoms with E-state index in [4.69, 9.17) is 5.73 Å². The fourth-order valence-electron chi connectivity index (χ4n) is 4.37. The average molecular weight is 287 g/mol. The number of aromatic nitrogens is 1. The molecule has 2 saturated carbocycles. The van der Waals surface area contributed by atoms with E-state index in [9.17, 15) is 4.79 Å². The minimum absolute atomic E-state index is 0.0712. The summed E-state index contributed by atoms with van der Waals surface area (Å²) in [5.41, 5.74) is 7.56. The van der Waals surface area contributed by atoms with Crippen molar-refractivity contribution < 1.29 is 4.79 Å². The number of anilines is 1. The summed E-state index contributed by atoms with van der Waals surface area (Å²) in [6.07, 6.45) is 5.57. The molecule has 2 fully saturated rings. The SMILES string of the molecule is CC1(C)C2CCC1(C)C(NC(=O)Cc1ccc(N)cn1)C2. The van der Waals surface area contributed by atoms with Crippen LogP contribution in [-0.4, -0.2) is 16.9 Å². The number of nitrogens with one attached hydrogen (secondary N) is 1. The fourth-order valence-corrected chi connectivity index (χ4v) is 4.37. The predicted molar refractivity (Wildman–Crippen MR) is 83.5 cm³/mol. The summed E-state index contributed by atoms with van der Waals surface area (Å²) in [6.45, 7) is 7.06. The monoisotopic (exact) mass is 287 g/mol. The van der Waals surface area contributed by atoms with Crippen LogP contribution in [0, 0.1) is 16.7 Å². The van der Waals surface area contributed by atoms with Crippen LogP contribution in [0.2, 0.25) is 0 Å². The first-order valence-electron chi connectivity index (χ1n) is 7.83. The van der Waals surface area contributed by atoms with E-state index in [2.05, 4.69) is 31.1 Å². The molecule has 1 aromatic heterocycles. The summed E-state index contributed by atoms with van der Waals surface area (Å²) in [4.78, 5) is 16.5. The van der Waals surface area contributed by atoms with E-state index >= 15 is 0 Å². The van der Waals surface area contributed by atoms with Gasteiger partial charge in [-0.1, -0.05) is 20.8 Å². The molecule has 3 N–H and O–H groups in total. The van der Waals surface area contributed by atoms with Gasteiger partial charge in [0.05, 0.1) is 18.3 Å². The van der Waals surface area contributed by atoms with Crippen LogP contribution in [0.25, 0.3) is 0 Å². The Morgan fingerprint density at radius 3 is 2.71 bits per heavy atom. The zero-order valence-electron chi connectivity index (χ0n) is 13.1. The maximum Gasteiger partial charge on any atom is 0.226 e. The summed E-state index contributed by atoms with van der Waals surface area (Å²) >= 11 is 0. The van der Waals surface area contributed by atoms with Gasteiger partial charge in [-0.2, -0.15) is 0 Å². The first-order chi connectivity index (χ1) is 9.83. The highest BCUT2D eigenvalue weighted by Crippen LogP contribution is 2.65. The lowest BCUT2D eigenvalue weighted by molar-refractivity contribution is -0.122. The van der Waals surface area contributed by atoms with E-state index < -0.39 is 0 Å². The van der Waals surface area contributed by atoms with E-state index in [1.54, 1.807) is 12.3 Å². The molecule has 4 nitrogen and oxygen atoms in total. The van der Waals surface area contributed by atoms with Crippen LogP contribution >= 0.6 is 0 Å². The van der Waals surface area contributed by atoms with Gasteiger partial charge in [0.2, 0.25) is 5.91 Å². The normalized spacial score (nSPS) is 33.1. The highest BCUT2D eigenvalue weighted by atomic mass is 16.1. The van der Waals surface area contributed by atoms with E-state index in [0.29, 0.717) is 23.6 Å². The van der Waals surface area contributed by atoms with Crippen LogP contribution in [0.1, 0.15) is 45.7 Å². The molecule has 3 atom stereocenters. The summed E-state index contributed by atoms with van der Waals surface area (Å²) in [5, 5.41) is 3.26. The third-order valence-electron chi connectivity index (χ3n) is 6.32. The first kappa shape index (κ1) is 14.4. The standard InChI is InChI=1S/C17H25N3O/c1-16(2)11-6-7-17(16,3)14(8-11)20-15(21)9-13-5-4-12(18)10-19-13/h4-5,10-11,14H,6-9,18H2,1-3H3,(H,20,21). The topological polar surface area (TPSA) is 68.0 Å². The number of nitrogen functional groups attached to an aromatic ring is 1. The van der Waals surface area contributed by atoms with Gasteiger partial charge in [-0.05, 0) is 48.1 Å². The number of carbonyl (C=O) groups excluding carboxylic acids is 1. The van der Waals surface area contributed by atoms with Gasteiger partial charge in [0.25, 0.3) is 0 Å². The smallest absolute Gasteiger partial charge is 0.226 e. The van der Waals surface area contributed by atoms with Crippen LogP contribution in [-0.2, 0) is 11.2 Å². The van der Waals surface area contributed by atoms with Crippen molar-refractivity contribution in [3.05, 3.63) is 24.0 Å². The number of fused-ring (bicyclic) bond motifs is 2. The number of pyridine rings is 1. The highest BCUT2D eigenvalue weighted by molar-refractivity contribution is 5.78. The van der Waals surface area contributed by atoms with Crippen molar-refractivity contribution in [2.75, 3.05) is 5.73 Å². The van der Waals surface area contributed by atoms with Gasteiger partial charge in [-0.25, -0.2) is 0 Å². The second kappa shape index (κ2) is 4.72. The maximum atomic E-state index is 12.3.